The van der Waals surface area contributed by atoms with Crippen molar-refractivity contribution in [1.29, 1.82) is 0 Å². The summed E-state index contributed by atoms with van der Waals surface area (Å²) in [5.74, 6) is 1.65. The summed E-state index contributed by atoms with van der Waals surface area (Å²) in [4.78, 5) is 32.4. The molecule has 1 aliphatic carbocycles. The molecule has 1 fully saturated rings. The van der Waals surface area contributed by atoms with Crippen LogP contribution < -0.4 is 10.1 Å². The molecule has 0 spiro atoms. The standard InChI is InChI=1S/C23H21N3O3S/c27-21(15-6-7-15)25-23-24-19-12-13-26(14-20(19)30-23)22(28)16-8-10-18(11-9-16)29-17-4-2-1-3-5-17/h1-5,8-11,15H,6-7,12-14H2,(H,24,25,27). The first kappa shape index (κ1) is 18.8. The number of carbonyl (C=O) groups is 2. The number of hydrogen-bond acceptors (Lipinski definition) is 5. The number of para-hydroxylation sites is 1. The molecule has 0 bridgehead atoms. The number of benzene rings is 2. The number of nitrogens with zero attached hydrogens (tertiary/aromatic N) is 2. The Morgan fingerprint density at radius 3 is 2.50 bits per heavy atom. The molecule has 6 nitrogen and oxygen atoms in total. The highest BCUT2D eigenvalue weighted by Gasteiger charge is 2.31. The van der Waals surface area contributed by atoms with Crippen molar-refractivity contribution in [1.82, 2.24) is 9.88 Å². The Hall–Kier alpha value is -3.19. The number of carbonyl (C=O) groups excluding carboxylic acids is 2. The molecule has 0 saturated heterocycles. The molecule has 0 radical (unpaired) electrons. The molecule has 0 unspecified atom stereocenters. The predicted molar refractivity (Wildman–Crippen MR) is 115 cm³/mol. The molecule has 7 heteroatoms. The third-order valence-corrected chi connectivity index (χ3v) is 6.27. The van der Waals surface area contributed by atoms with Crippen LogP contribution in [0.15, 0.2) is 54.6 Å². The van der Waals surface area contributed by atoms with Crippen molar-refractivity contribution in [3.05, 3.63) is 70.7 Å². The predicted octanol–water partition coefficient (Wildman–Crippen LogP) is 4.48. The highest BCUT2D eigenvalue weighted by Crippen LogP contribution is 2.33. The lowest BCUT2D eigenvalue weighted by atomic mass is 10.1. The quantitative estimate of drug-likeness (QED) is 0.662. The van der Waals surface area contributed by atoms with Crippen LogP contribution in [0.4, 0.5) is 5.13 Å². The van der Waals surface area contributed by atoms with Crippen LogP contribution in [-0.2, 0) is 17.8 Å². The average molecular weight is 420 g/mol. The second kappa shape index (κ2) is 7.91. The Bertz CT molecular complexity index is 1070. The van der Waals surface area contributed by atoms with Crippen LogP contribution in [0.5, 0.6) is 11.5 Å². The molecule has 1 aliphatic heterocycles. The maximum absolute atomic E-state index is 13.0. The second-order valence-electron chi connectivity index (χ2n) is 7.57. The van der Waals surface area contributed by atoms with E-state index in [0.717, 1.165) is 29.2 Å². The molecule has 3 aromatic rings. The molecule has 5 rings (SSSR count). The van der Waals surface area contributed by atoms with Crippen molar-refractivity contribution in [3.63, 3.8) is 0 Å². The van der Waals surface area contributed by atoms with Crippen LogP contribution >= 0.6 is 11.3 Å². The Labute approximate surface area is 178 Å². The minimum Gasteiger partial charge on any atom is -0.457 e. The van der Waals surface area contributed by atoms with E-state index in [9.17, 15) is 9.59 Å². The molecular formula is C23H21N3O3S. The third-order valence-electron chi connectivity index (χ3n) is 5.28. The van der Waals surface area contributed by atoms with Crippen molar-refractivity contribution in [2.24, 2.45) is 5.92 Å². The van der Waals surface area contributed by atoms with Gasteiger partial charge in [0, 0.05) is 29.3 Å². The summed E-state index contributed by atoms with van der Waals surface area (Å²) >= 11 is 1.47. The summed E-state index contributed by atoms with van der Waals surface area (Å²) in [6.07, 6.45) is 2.63. The first-order valence-electron chi connectivity index (χ1n) is 10.1. The van der Waals surface area contributed by atoms with Crippen molar-refractivity contribution in [2.45, 2.75) is 25.8 Å². The van der Waals surface area contributed by atoms with Crippen LogP contribution in [0.2, 0.25) is 0 Å². The minimum absolute atomic E-state index is 0.0103. The molecule has 2 aromatic carbocycles. The smallest absolute Gasteiger partial charge is 0.254 e. The van der Waals surface area contributed by atoms with Crippen LogP contribution in [-0.4, -0.2) is 28.2 Å². The van der Waals surface area contributed by atoms with Crippen LogP contribution in [0.3, 0.4) is 0 Å². The number of nitrogens with one attached hydrogen (secondary N) is 1. The van der Waals surface area contributed by atoms with E-state index in [1.807, 2.05) is 47.4 Å². The number of aromatic nitrogens is 1. The van der Waals surface area contributed by atoms with Gasteiger partial charge in [-0.25, -0.2) is 4.98 Å². The van der Waals surface area contributed by atoms with E-state index in [2.05, 4.69) is 10.3 Å². The number of rotatable bonds is 5. The summed E-state index contributed by atoms with van der Waals surface area (Å²) in [5, 5.41) is 3.56. The van der Waals surface area contributed by atoms with Gasteiger partial charge in [0.05, 0.1) is 12.2 Å². The molecule has 2 aliphatic rings. The second-order valence-corrected chi connectivity index (χ2v) is 8.65. The van der Waals surface area contributed by atoms with Gasteiger partial charge in [0.25, 0.3) is 5.91 Å². The van der Waals surface area contributed by atoms with Gasteiger partial charge in [-0.2, -0.15) is 0 Å². The van der Waals surface area contributed by atoms with Gasteiger partial charge >= 0.3 is 0 Å². The van der Waals surface area contributed by atoms with Gasteiger partial charge in [0.2, 0.25) is 5.91 Å². The maximum Gasteiger partial charge on any atom is 0.254 e. The summed E-state index contributed by atoms with van der Waals surface area (Å²) in [5.41, 5.74) is 1.62. The fraction of sp³-hybridized carbons (Fsp3) is 0.261. The topological polar surface area (TPSA) is 71.5 Å². The van der Waals surface area contributed by atoms with Crippen LogP contribution in [0.25, 0.3) is 0 Å². The van der Waals surface area contributed by atoms with E-state index in [1.165, 1.54) is 11.3 Å². The van der Waals surface area contributed by atoms with E-state index in [1.54, 1.807) is 12.1 Å². The molecule has 0 atom stereocenters. The monoisotopic (exact) mass is 419 g/mol. The Morgan fingerprint density at radius 2 is 1.77 bits per heavy atom. The number of amides is 2. The lowest BCUT2D eigenvalue weighted by molar-refractivity contribution is -0.117. The van der Waals surface area contributed by atoms with Gasteiger partial charge in [-0.05, 0) is 49.2 Å². The molecule has 1 saturated carbocycles. The van der Waals surface area contributed by atoms with Crippen molar-refractivity contribution < 1.29 is 14.3 Å². The zero-order valence-electron chi connectivity index (χ0n) is 16.3. The Balaban J connectivity index is 1.23. The maximum atomic E-state index is 13.0. The fourth-order valence-electron chi connectivity index (χ4n) is 3.45. The SMILES string of the molecule is O=C(Nc1nc2c(s1)CN(C(=O)c1ccc(Oc3ccccc3)cc1)CC2)C1CC1. The van der Waals surface area contributed by atoms with Gasteiger partial charge in [-0.1, -0.05) is 29.5 Å². The molecule has 2 heterocycles. The number of anilines is 1. The highest BCUT2D eigenvalue weighted by molar-refractivity contribution is 7.15. The van der Waals surface area contributed by atoms with Crippen molar-refractivity contribution >= 4 is 28.3 Å². The summed E-state index contributed by atoms with van der Waals surface area (Å²) in [6, 6.07) is 16.8. The van der Waals surface area contributed by atoms with E-state index in [0.29, 0.717) is 36.0 Å². The van der Waals surface area contributed by atoms with E-state index in [4.69, 9.17) is 4.74 Å². The lowest BCUT2D eigenvalue weighted by Crippen LogP contribution is -2.35. The number of thiazole rings is 1. The minimum atomic E-state index is -0.0103. The van der Waals surface area contributed by atoms with E-state index in [-0.39, 0.29) is 17.7 Å². The fourth-order valence-corrected chi connectivity index (χ4v) is 4.47. The number of ether oxygens (including phenoxy) is 1. The third kappa shape index (κ3) is 4.07. The molecule has 30 heavy (non-hydrogen) atoms. The Kier molecular flexibility index (Phi) is 4.96. The zero-order valence-corrected chi connectivity index (χ0v) is 17.2. The molecule has 1 N–H and O–H groups in total. The Morgan fingerprint density at radius 1 is 1.03 bits per heavy atom. The summed E-state index contributed by atoms with van der Waals surface area (Å²) in [7, 11) is 0. The zero-order chi connectivity index (χ0) is 20.5. The first-order valence-corrected chi connectivity index (χ1v) is 10.9. The average Bonchev–Trinajstić information content (AvgIpc) is 3.55. The van der Waals surface area contributed by atoms with Gasteiger partial charge in [-0.15, -0.1) is 0 Å². The van der Waals surface area contributed by atoms with Crippen LogP contribution in [0.1, 0.15) is 33.8 Å². The van der Waals surface area contributed by atoms with Gasteiger partial charge in [-0.3, -0.25) is 9.59 Å². The normalized spacial score (nSPS) is 15.4. The first-order chi connectivity index (χ1) is 14.7. The van der Waals surface area contributed by atoms with E-state index < -0.39 is 0 Å². The number of fused-ring (bicyclic) bond motifs is 1. The highest BCUT2D eigenvalue weighted by atomic mass is 32.1. The van der Waals surface area contributed by atoms with Gasteiger partial charge in [0.15, 0.2) is 5.13 Å². The lowest BCUT2D eigenvalue weighted by Gasteiger charge is -2.26. The number of hydrogen-bond donors (Lipinski definition) is 1. The molecule has 152 valence electrons. The van der Waals surface area contributed by atoms with Gasteiger partial charge in [0.1, 0.15) is 11.5 Å². The largest absolute Gasteiger partial charge is 0.457 e. The van der Waals surface area contributed by atoms with Crippen LogP contribution in [0, 0.1) is 5.92 Å². The van der Waals surface area contributed by atoms with Crippen molar-refractivity contribution in [3.8, 4) is 11.5 Å². The van der Waals surface area contributed by atoms with E-state index >= 15 is 0 Å². The van der Waals surface area contributed by atoms with Gasteiger partial charge < -0.3 is 15.0 Å². The molecule has 2 amide bonds. The van der Waals surface area contributed by atoms with Crippen molar-refractivity contribution in [2.75, 3.05) is 11.9 Å². The summed E-state index contributed by atoms with van der Waals surface area (Å²) in [6.45, 7) is 1.14. The molecule has 1 aromatic heterocycles. The molecular weight excluding hydrogens is 398 g/mol. The summed E-state index contributed by atoms with van der Waals surface area (Å²) < 4.78 is 5.79.